The van der Waals surface area contributed by atoms with Gasteiger partial charge < -0.3 is 15.2 Å². The van der Waals surface area contributed by atoms with Gasteiger partial charge in [0.1, 0.15) is 12.4 Å². The molecule has 1 amide bonds. The van der Waals surface area contributed by atoms with Crippen LogP contribution < -0.4 is 5.32 Å². The molecule has 0 aliphatic heterocycles. The van der Waals surface area contributed by atoms with E-state index in [0.29, 0.717) is 18.6 Å². The molecule has 0 saturated heterocycles. The molecule has 0 bridgehead atoms. The molecule has 2 N–H and O–H groups in total. The van der Waals surface area contributed by atoms with Crippen LogP contribution in [0.1, 0.15) is 29.3 Å². The van der Waals surface area contributed by atoms with Gasteiger partial charge in [-0.1, -0.05) is 11.8 Å². The van der Waals surface area contributed by atoms with Crippen LogP contribution in [0.5, 0.6) is 0 Å². The third-order valence-corrected chi connectivity index (χ3v) is 2.66. The van der Waals surface area contributed by atoms with Gasteiger partial charge >= 0.3 is 0 Å². The summed E-state index contributed by atoms with van der Waals surface area (Å²) in [5, 5.41) is 11.3. The van der Waals surface area contributed by atoms with Crippen LogP contribution in [0.4, 0.5) is 4.39 Å². The fraction of sp³-hybridized carbons (Fsp3) is 0.400. The predicted molar refractivity (Wildman–Crippen MR) is 73.8 cm³/mol. The van der Waals surface area contributed by atoms with E-state index in [4.69, 9.17) is 9.84 Å². The molecule has 0 spiro atoms. The number of nitrogens with one attached hydrogen (secondary N) is 1. The summed E-state index contributed by atoms with van der Waals surface area (Å²) in [5.74, 6) is 3.90. The maximum absolute atomic E-state index is 13.8. The van der Waals surface area contributed by atoms with Crippen LogP contribution in [-0.2, 0) is 4.74 Å². The molecule has 20 heavy (non-hydrogen) atoms. The number of benzene rings is 1. The third kappa shape index (κ3) is 5.00. The molecule has 1 rings (SSSR count). The average molecular weight is 279 g/mol. The van der Waals surface area contributed by atoms with Gasteiger partial charge in [-0.15, -0.1) is 0 Å². The molecule has 0 fully saturated rings. The first kappa shape index (κ1) is 16.2. The maximum atomic E-state index is 13.8. The summed E-state index contributed by atoms with van der Waals surface area (Å²) in [7, 11) is 1.58. The van der Waals surface area contributed by atoms with Gasteiger partial charge in [0.15, 0.2) is 0 Å². The molecule has 1 atom stereocenters. The number of rotatable bonds is 5. The molecule has 0 aliphatic carbocycles. The van der Waals surface area contributed by atoms with E-state index in [-0.39, 0.29) is 18.2 Å². The molecule has 5 heteroatoms. The summed E-state index contributed by atoms with van der Waals surface area (Å²) in [6.45, 7) is 2.07. The Balaban J connectivity index is 2.73. The van der Waals surface area contributed by atoms with Crippen LogP contribution in [-0.4, -0.2) is 37.4 Å². The van der Waals surface area contributed by atoms with E-state index >= 15 is 0 Å². The summed E-state index contributed by atoms with van der Waals surface area (Å²) in [6, 6.07) is 4.00. The Bertz CT molecular complexity index is 520. The van der Waals surface area contributed by atoms with Gasteiger partial charge in [0, 0.05) is 25.3 Å². The lowest BCUT2D eigenvalue weighted by molar-refractivity contribution is 0.0925. The van der Waals surface area contributed by atoms with Gasteiger partial charge in [-0.3, -0.25) is 4.79 Å². The molecule has 0 saturated carbocycles. The zero-order chi connectivity index (χ0) is 15.0. The van der Waals surface area contributed by atoms with Crippen molar-refractivity contribution in [2.24, 2.45) is 0 Å². The maximum Gasteiger partial charge on any atom is 0.254 e. The van der Waals surface area contributed by atoms with Gasteiger partial charge in [0.05, 0.1) is 5.56 Å². The largest absolute Gasteiger partial charge is 0.385 e. The monoisotopic (exact) mass is 279 g/mol. The second-order valence-corrected chi connectivity index (χ2v) is 4.31. The number of carbonyl (C=O) groups excluding carboxylic acids is 1. The lowest BCUT2D eigenvalue weighted by atomic mass is 10.1. The van der Waals surface area contributed by atoms with Crippen LogP contribution >= 0.6 is 0 Å². The van der Waals surface area contributed by atoms with Crippen molar-refractivity contribution in [3.05, 3.63) is 35.1 Å². The molecule has 0 heterocycles. The molecular formula is C15H18FNO3. The molecule has 4 nitrogen and oxygen atoms in total. The Labute approximate surface area is 117 Å². The van der Waals surface area contributed by atoms with Crippen molar-refractivity contribution < 1.29 is 19.0 Å². The highest BCUT2D eigenvalue weighted by Gasteiger charge is 2.14. The first-order chi connectivity index (χ1) is 9.58. The van der Waals surface area contributed by atoms with Gasteiger partial charge in [-0.05, 0) is 31.5 Å². The number of amides is 1. The van der Waals surface area contributed by atoms with Crippen molar-refractivity contribution >= 4 is 5.91 Å². The minimum absolute atomic E-state index is 0.0242. The highest BCUT2D eigenvalue weighted by Crippen LogP contribution is 2.10. The first-order valence-electron chi connectivity index (χ1n) is 6.27. The second kappa shape index (κ2) is 8.31. The van der Waals surface area contributed by atoms with E-state index < -0.39 is 11.7 Å². The summed E-state index contributed by atoms with van der Waals surface area (Å²) in [5.41, 5.74) is 0.393. The minimum atomic E-state index is -0.633. The van der Waals surface area contributed by atoms with Gasteiger partial charge in [0.2, 0.25) is 0 Å². The predicted octanol–water partition coefficient (Wildman–Crippen LogP) is 1.32. The smallest absolute Gasteiger partial charge is 0.254 e. The molecule has 0 radical (unpaired) electrons. The van der Waals surface area contributed by atoms with Crippen LogP contribution in [0.3, 0.4) is 0 Å². The van der Waals surface area contributed by atoms with E-state index in [1.54, 1.807) is 13.2 Å². The normalized spacial score (nSPS) is 11.4. The number of hydrogen-bond donors (Lipinski definition) is 2. The lowest BCUT2D eigenvalue weighted by Crippen LogP contribution is -2.33. The van der Waals surface area contributed by atoms with E-state index in [0.717, 1.165) is 0 Å². The molecular weight excluding hydrogens is 261 g/mol. The molecule has 108 valence electrons. The average Bonchev–Trinajstić information content (AvgIpc) is 2.42. The number of methoxy groups -OCH3 is 1. The van der Waals surface area contributed by atoms with Crippen molar-refractivity contribution in [2.45, 2.75) is 19.4 Å². The van der Waals surface area contributed by atoms with Crippen molar-refractivity contribution in [2.75, 3.05) is 20.3 Å². The standard InChI is InChI=1S/C15H18FNO3/c1-11(7-9-20-2)17-15(19)13-6-5-12(4-3-8-18)10-14(13)16/h5-6,10-11,18H,7-9H2,1-2H3,(H,17,19). The quantitative estimate of drug-likeness (QED) is 0.799. The molecule has 1 aromatic rings. The van der Waals surface area contributed by atoms with E-state index in [1.807, 2.05) is 6.92 Å². The third-order valence-electron chi connectivity index (χ3n) is 2.66. The van der Waals surface area contributed by atoms with Crippen LogP contribution in [0.25, 0.3) is 0 Å². The number of hydrogen-bond acceptors (Lipinski definition) is 3. The van der Waals surface area contributed by atoms with Gasteiger partial charge in [0.25, 0.3) is 5.91 Å². The van der Waals surface area contributed by atoms with E-state index in [1.165, 1.54) is 12.1 Å². The lowest BCUT2D eigenvalue weighted by Gasteiger charge is -2.13. The van der Waals surface area contributed by atoms with Crippen molar-refractivity contribution in [3.8, 4) is 11.8 Å². The Kier molecular flexibility index (Phi) is 6.71. The fourth-order valence-corrected chi connectivity index (χ4v) is 1.59. The topological polar surface area (TPSA) is 58.6 Å². The van der Waals surface area contributed by atoms with E-state index in [2.05, 4.69) is 17.2 Å². The van der Waals surface area contributed by atoms with Crippen molar-refractivity contribution in [1.29, 1.82) is 0 Å². The van der Waals surface area contributed by atoms with Crippen LogP contribution in [0.2, 0.25) is 0 Å². The summed E-state index contributed by atoms with van der Waals surface area (Å²) >= 11 is 0. The molecule has 0 aromatic heterocycles. The Morgan fingerprint density at radius 3 is 2.90 bits per heavy atom. The second-order valence-electron chi connectivity index (χ2n) is 4.31. The molecule has 1 aromatic carbocycles. The van der Waals surface area contributed by atoms with Crippen molar-refractivity contribution in [3.63, 3.8) is 0 Å². The summed E-state index contributed by atoms with van der Waals surface area (Å²) in [6.07, 6.45) is 0.657. The summed E-state index contributed by atoms with van der Waals surface area (Å²) in [4.78, 5) is 11.9. The van der Waals surface area contributed by atoms with Gasteiger partial charge in [-0.25, -0.2) is 4.39 Å². The van der Waals surface area contributed by atoms with Crippen molar-refractivity contribution in [1.82, 2.24) is 5.32 Å². The number of carbonyl (C=O) groups is 1. The highest BCUT2D eigenvalue weighted by molar-refractivity contribution is 5.94. The Hall–Kier alpha value is -1.90. The highest BCUT2D eigenvalue weighted by atomic mass is 19.1. The SMILES string of the molecule is COCCC(C)NC(=O)c1ccc(C#CCO)cc1F. The minimum Gasteiger partial charge on any atom is -0.385 e. The number of ether oxygens (including phenoxy) is 1. The molecule has 0 aliphatic rings. The first-order valence-corrected chi connectivity index (χ1v) is 6.27. The molecule has 1 unspecified atom stereocenters. The Morgan fingerprint density at radius 1 is 1.55 bits per heavy atom. The number of aliphatic hydroxyl groups excluding tert-OH is 1. The Morgan fingerprint density at radius 2 is 2.30 bits per heavy atom. The fourth-order valence-electron chi connectivity index (χ4n) is 1.59. The number of aliphatic hydroxyl groups is 1. The van der Waals surface area contributed by atoms with E-state index in [9.17, 15) is 9.18 Å². The van der Waals surface area contributed by atoms with Crippen LogP contribution in [0, 0.1) is 17.7 Å². The zero-order valence-electron chi connectivity index (χ0n) is 11.6. The zero-order valence-corrected chi connectivity index (χ0v) is 11.6. The number of halogens is 1. The van der Waals surface area contributed by atoms with Gasteiger partial charge in [-0.2, -0.15) is 0 Å². The van der Waals surface area contributed by atoms with Crippen LogP contribution in [0.15, 0.2) is 18.2 Å². The summed E-state index contributed by atoms with van der Waals surface area (Å²) < 4.78 is 18.7.